The summed E-state index contributed by atoms with van der Waals surface area (Å²) < 4.78 is 5.42. The lowest BCUT2D eigenvalue weighted by Crippen LogP contribution is -2.52. The molecule has 1 rings (SSSR count). The van der Waals surface area contributed by atoms with Gasteiger partial charge in [0.15, 0.2) is 0 Å². The highest BCUT2D eigenvalue weighted by Crippen LogP contribution is 2.21. The van der Waals surface area contributed by atoms with Crippen LogP contribution in [0, 0.1) is 0 Å². The number of hydrogen-bond acceptors (Lipinski definition) is 4. The highest BCUT2D eigenvalue weighted by molar-refractivity contribution is 4.88. The summed E-state index contributed by atoms with van der Waals surface area (Å²) in [5.74, 6) is 0. The summed E-state index contributed by atoms with van der Waals surface area (Å²) in [6.07, 6.45) is 4.77. The normalized spacial score (nSPS) is 23.2. The Bertz CT molecular complexity index is 242. The molecule has 0 aliphatic carbocycles. The van der Waals surface area contributed by atoms with Gasteiger partial charge >= 0.3 is 0 Å². The Morgan fingerprint density at radius 2 is 2.05 bits per heavy atom. The van der Waals surface area contributed by atoms with Crippen LogP contribution in [-0.2, 0) is 4.74 Å². The molecule has 0 aromatic carbocycles. The molecule has 1 saturated heterocycles. The van der Waals surface area contributed by atoms with Gasteiger partial charge in [-0.2, -0.15) is 0 Å². The van der Waals surface area contributed by atoms with Crippen molar-refractivity contribution >= 4 is 0 Å². The van der Waals surface area contributed by atoms with Gasteiger partial charge in [0.1, 0.15) is 0 Å². The second kappa shape index (κ2) is 8.20. The summed E-state index contributed by atoms with van der Waals surface area (Å²) in [7, 11) is 1.81. The van der Waals surface area contributed by atoms with Crippen LogP contribution in [0.1, 0.15) is 46.5 Å². The second-order valence-corrected chi connectivity index (χ2v) is 6.17. The molecule has 0 aromatic rings. The van der Waals surface area contributed by atoms with E-state index >= 15 is 0 Å². The van der Waals surface area contributed by atoms with E-state index < -0.39 is 0 Å². The van der Waals surface area contributed by atoms with Gasteiger partial charge in [-0.25, -0.2) is 0 Å². The molecule has 0 amide bonds. The average molecular weight is 272 g/mol. The standard InChI is InChI=1S/C15H32N2O2/c1-5-8-16-15(3,12-18)11-13(2)17-9-6-14(19-4)7-10-17/h13-14,16,18H,5-12H2,1-4H3. The Labute approximate surface area is 118 Å². The molecule has 2 atom stereocenters. The van der Waals surface area contributed by atoms with Crippen LogP contribution in [0.5, 0.6) is 0 Å². The molecular weight excluding hydrogens is 240 g/mol. The predicted octanol–water partition coefficient (Wildman–Crippen LogP) is 1.63. The number of aliphatic hydroxyl groups is 1. The zero-order chi connectivity index (χ0) is 14.3. The van der Waals surface area contributed by atoms with Crippen LogP contribution in [-0.4, -0.2) is 61.0 Å². The van der Waals surface area contributed by atoms with Crippen molar-refractivity contribution in [3.05, 3.63) is 0 Å². The van der Waals surface area contributed by atoms with Crippen molar-refractivity contribution in [1.29, 1.82) is 0 Å². The van der Waals surface area contributed by atoms with E-state index in [4.69, 9.17) is 4.74 Å². The van der Waals surface area contributed by atoms with Gasteiger partial charge in [-0.1, -0.05) is 6.92 Å². The highest BCUT2D eigenvalue weighted by atomic mass is 16.5. The smallest absolute Gasteiger partial charge is 0.0611 e. The van der Waals surface area contributed by atoms with E-state index in [-0.39, 0.29) is 12.1 Å². The lowest BCUT2D eigenvalue weighted by molar-refractivity contribution is 0.0213. The molecule has 4 heteroatoms. The van der Waals surface area contributed by atoms with E-state index in [0.29, 0.717) is 12.1 Å². The van der Waals surface area contributed by atoms with E-state index in [2.05, 4.69) is 31.0 Å². The first-order valence-corrected chi connectivity index (χ1v) is 7.67. The third-order valence-corrected chi connectivity index (χ3v) is 4.33. The molecule has 1 aliphatic rings. The summed E-state index contributed by atoms with van der Waals surface area (Å²) in [5.41, 5.74) is -0.159. The monoisotopic (exact) mass is 272 g/mol. The third kappa shape index (κ3) is 5.38. The summed E-state index contributed by atoms with van der Waals surface area (Å²) in [4.78, 5) is 2.52. The van der Waals surface area contributed by atoms with Gasteiger partial charge in [-0.05, 0) is 46.1 Å². The van der Waals surface area contributed by atoms with Gasteiger partial charge in [0.05, 0.1) is 12.7 Å². The van der Waals surface area contributed by atoms with E-state index in [1.165, 1.54) is 0 Å². The number of hydrogen-bond donors (Lipinski definition) is 2. The van der Waals surface area contributed by atoms with Gasteiger partial charge < -0.3 is 20.1 Å². The van der Waals surface area contributed by atoms with Gasteiger partial charge in [0.2, 0.25) is 0 Å². The Morgan fingerprint density at radius 3 is 2.53 bits per heavy atom. The van der Waals surface area contributed by atoms with Crippen LogP contribution in [0.4, 0.5) is 0 Å². The number of ether oxygens (including phenoxy) is 1. The van der Waals surface area contributed by atoms with E-state index in [9.17, 15) is 5.11 Å². The lowest BCUT2D eigenvalue weighted by atomic mass is 9.92. The van der Waals surface area contributed by atoms with Crippen LogP contribution < -0.4 is 5.32 Å². The molecule has 0 radical (unpaired) electrons. The molecular formula is C15H32N2O2. The molecule has 2 N–H and O–H groups in total. The summed E-state index contributed by atoms with van der Waals surface area (Å²) in [5, 5.41) is 13.1. The van der Waals surface area contributed by atoms with Crippen molar-refractivity contribution in [1.82, 2.24) is 10.2 Å². The zero-order valence-electron chi connectivity index (χ0n) is 13.1. The van der Waals surface area contributed by atoms with Crippen molar-refractivity contribution in [2.24, 2.45) is 0 Å². The van der Waals surface area contributed by atoms with Gasteiger partial charge in [-0.15, -0.1) is 0 Å². The van der Waals surface area contributed by atoms with Gasteiger partial charge in [-0.3, -0.25) is 0 Å². The first-order chi connectivity index (χ1) is 9.04. The molecule has 2 unspecified atom stereocenters. The minimum absolute atomic E-state index is 0.159. The zero-order valence-corrected chi connectivity index (χ0v) is 13.1. The third-order valence-electron chi connectivity index (χ3n) is 4.33. The van der Waals surface area contributed by atoms with Crippen molar-refractivity contribution < 1.29 is 9.84 Å². The topological polar surface area (TPSA) is 44.7 Å². The van der Waals surface area contributed by atoms with Crippen LogP contribution in [0.15, 0.2) is 0 Å². The fraction of sp³-hybridized carbons (Fsp3) is 1.00. The largest absolute Gasteiger partial charge is 0.394 e. The maximum atomic E-state index is 9.64. The maximum Gasteiger partial charge on any atom is 0.0611 e. The predicted molar refractivity (Wildman–Crippen MR) is 79.5 cm³/mol. The molecule has 0 bridgehead atoms. The molecule has 114 valence electrons. The van der Waals surface area contributed by atoms with Crippen molar-refractivity contribution in [2.75, 3.05) is 33.4 Å². The van der Waals surface area contributed by atoms with Crippen LogP contribution >= 0.6 is 0 Å². The number of rotatable bonds is 8. The molecule has 19 heavy (non-hydrogen) atoms. The number of nitrogens with zero attached hydrogens (tertiary/aromatic N) is 1. The molecule has 1 heterocycles. The van der Waals surface area contributed by atoms with Crippen molar-refractivity contribution in [3.63, 3.8) is 0 Å². The summed E-state index contributed by atoms with van der Waals surface area (Å²) in [6.45, 7) is 9.94. The average Bonchev–Trinajstić information content (AvgIpc) is 2.45. The fourth-order valence-electron chi connectivity index (χ4n) is 2.95. The van der Waals surface area contributed by atoms with E-state index in [0.717, 1.165) is 45.3 Å². The molecule has 0 aromatic heterocycles. The number of nitrogens with one attached hydrogen (secondary N) is 1. The Balaban J connectivity index is 2.42. The Kier molecular flexibility index (Phi) is 7.29. The fourth-order valence-corrected chi connectivity index (χ4v) is 2.95. The Morgan fingerprint density at radius 1 is 1.42 bits per heavy atom. The number of aliphatic hydroxyl groups excluding tert-OH is 1. The SMILES string of the molecule is CCCNC(C)(CO)CC(C)N1CCC(OC)CC1. The summed E-state index contributed by atoms with van der Waals surface area (Å²) >= 11 is 0. The van der Waals surface area contributed by atoms with E-state index in [1.54, 1.807) is 7.11 Å². The van der Waals surface area contributed by atoms with Crippen molar-refractivity contribution in [3.8, 4) is 0 Å². The van der Waals surface area contributed by atoms with Gasteiger partial charge in [0.25, 0.3) is 0 Å². The van der Waals surface area contributed by atoms with Crippen molar-refractivity contribution in [2.45, 2.75) is 64.1 Å². The molecule has 1 aliphatic heterocycles. The summed E-state index contributed by atoms with van der Waals surface area (Å²) in [6, 6.07) is 0.499. The first kappa shape index (κ1) is 16.9. The van der Waals surface area contributed by atoms with Crippen LogP contribution in [0.3, 0.4) is 0 Å². The Hall–Kier alpha value is -0.160. The van der Waals surface area contributed by atoms with Crippen LogP contribution in [0.2, 0.25) is 0 Å². The highest BCUT2D eigenvalue weighted by Gasteiger charge is 2.29. The first-order valence-electron chi connectivity index (χ1n) is 7.67. The molecule has 4 nitrogen and oxygen atoms in total. The van der Waals surface area contributed by atoms with Crippen LogP contribution in [0.25, 0.3) is 0 Å². The van der Waals surface area contributed by atoms with E-state index in [1.807, 2.05) is 0 Å². The number of piperidine rings is 1. The number of methoxy groups -OCH3 is 1. The maximum absolute atomic E-state index is 9.64. The lowest BCUT2D eigenvalue weighted by Gasteiger charge is -2.40. The molecule has 0 saturated carbocycles. The minimum atomic E-state index is -0.159. The minimum Gasteiger partial charge on any atom is -0.394 e. The number of likely N-dealkylation sites (tertiary alicyclic amines) is 1. The van der Waals surface area contributed by atoms with Gasteiger partial charge in [0, 0.05) is 31.8 Å². The second-order valence-electron chi connectivity index (χ2n) is 6.17. The molecule has 1 fully saturated rings. The molecule has 0 spiro atoms. The quantitative estimate of drug-likeness (QED) is 0.705.